The maximum absolute atomic E-state index is 11.5. The van der Waals surface area contributed by atoms with Crippen LogP contribution < -0.4 is 0 Å². The lowest BCUT2D eigenvalue weighted by molar-refractivity contribution is 0.460. The lowest BCUT2D eigenvalue weighted by atomic mass is 10.1. The van der Waals surface area contributed by atoms with E-state index in [1.807, 2.05) is 12.1 Å². The zero-order valence-electron chi connectivity index (χ0n) is 11.8. The topological polar surface area (TPSA) is 81.2 Å². The second-order valence-electron chi connectivity index (χ2n) is 5.29. The highest BCUT2D eigenvalue weighted by molar-refractivity contribution is 9.10. The molecule has 4 rings (SSSR count). The first kappa shape index (κ1) is 15.5. The first-order valence-corrected chi connectivity index (χ1v) is 8.39. The molecule has 0 aliphatic heterocycles. The Bertz CT molecular complexity index is 1130. The number of halogens is 3. The summed E-state index contributed by atoms with van der Waals surface area (Å²) in [7, 11) is 0. The van der Waals surface area contributed by atoms with Crippen molar-refractivity contribution in [2.24, 2.45) is 5.18 Å². The number of aromatic nitrogens is 2. The Morgan fingerprint density at radius 2 is 1.88 bits per heavy atom. The van der Waals surface area contributed by atoms with E-state index >= 15 is 0 Å². The lowest BCUT2D eigenvalue weighted by Crippen LogP contribution is -1.78. The Labute approximate surface area is 153 Å². The molecule has 120 valence electrons. The van der Waals surface area contributed by atoms with Crippen molar-refractivity contribution in [2.45, 2.75) is 0 Å². The fourth-order valence-electron chi connectivity index (χ4n) is 2.88. The predicted octanol–water partition coefficient (Wildman–Crippen LogP) is 6.49. The molecule has 0 spiro atoms. The van der Waals surface area contributed by atoms with Gasteiger partial charge in [0.25, 0.3) is 0 Å². The zero-order valence-corrected chi connectivity index (χ0v) is 14.9. The van der Waals surface area contributed by atoms with Crippen LogP contribution in [0.4, 0.5) is 5.69 Å². The van der Waals surface area contributed by atoms with Gasteiger partial charge in [0.1, 0.15) is 5.69 Å². The van der Waals surface area contributed by atoms with Crippen molar-refractivity contribution in [3.05, 3.63) is 49.8 Å². The normalized spacial score (nSPS) is 11.5. The summed E-state index contributed by atoms with van der Waals surface area (Å²) in [6, 6.07) is 8.71. The summed E-state index contributed by atoms with van der Waals surface area (Å²) in [5, 5.41) is 15.6. The molecule has 0 unspecified atom stereocenters. The van der Waals surface area contributed by atoms with Crippen molar-refractivity contribution in [2.75, 3.05) is 0 Å². The van der Waals surface area contributed by atoms with E-state index in [4.69, 9.17) is 23.2 Å². The molecule has 0 aliphatic rings. The van der Waals surface area contributed by atoms with Gasteiger partial charge in [0.2, 0.25) is 0 Å². The number of nitroso groups, excluding NO2 is 1. The Hall–Kier alpha value is -2.02. The molecule has 0 saturated heterocycles. The zero-order chi connectivity index (χ0) is 17.0. The third-order valence-electron chi connectivity index (χ3n) is 3.88. The molecule has 2 heterocycles. The summed E-state index contributed by atoms with van der Waals surface area (Å²) in [5.74, 6) is -0.121. The second kappa shape index (κ2) is 5.51. The van der Waals surface area contributed by atoms with Gasteiger partial charge in [0, 0.05) is 25.8 Å². The van der Waals surface area contributed by atoms with Crippen LogP contribution in [0.25, 0.3) is 33.1 Å². The van der Waals surface area contributed by atoms with Gasteiger partial charge in [-0.1, -0.05) is 39.1 Å². The van der Waals surface area contributed by atoms with Gasteiger partial charge in [-0.05, 0) is 35.5 Å². The monoisotopic (exact) mass is 423 g/mol. The van der Waals surface area contributed by atoms with Crippen LogP contribution in [0.3, 0.4) is 0 Å². The van der Waals surface area contributed by atoms with Crippen molar-refractivity contribution in [1.82, 2.24) is 9.97 Å². The molecule has 2 aromatic carbocycles. The average molecular weight is 425 g/mol. The fraction of sp³-hybridized carbons (Fsp3) is 0. The average Bonchev–Trinajstić information content (AvgIpc) is 3.03. The highest BCUT2D eigenvalue weighted by Crippen LogP contribution is 2.46. The molecule has 0 aliphatic carbocycles. The highest BCUT2D eigenvalue weighted by atomic mass is 79.9. The van der Waals surface area contributed by atoms with Gasteiger partial charge in [-0.2, -0.15) is 0 Å². The molecule has 0 bridgehead atoms. The lowest BCUT2D eigenvalue weighted by Gasteiger charge is -2.00. The van der Waals surface area contributed by atoms with Gasteiger partial charge in [-0.25, -0.2) is 0 Å². The SMILES string of the molecule is O=Nc1c(-c2c(O)[nH]c3c(Cl)cc(Cl)cc23)[nH]c2ccc(Br)cc12. The second-order valence-corrected chi connectivity index (χ2v) is 7.05. The van der Waals surface area contributed by atoms with Crippen molar-refractivity contribution in [3.8, 4) is 17.1 Å². The van der Waals surface area contributed by atoms with Crippen LogP contribution in [0.15, 0.2) is 40.0 Å². The maximum atomic E-state index is 11.5. The van der Waals surface area contributed by atoms with Crippen LogP contribution in [0.1, 0.15) is 0 Å². The van der Waals surface area contributed by atoms with Gasteiger partial charge >= 0.3 is 0 Å². The van der Waals surface area contributed by atoms with Crippen molar-refractivity contribution < 1.29 is 5.11 Å². The quantitative estimate of drug-likeness (QED) is 0.321. The maximum Gasteiger partial charge on any atom is 0.199 e. The Balaban J connectivity index is 2.13. The molecule has 2 aromatic heterocycles. The molecular weight excluding hydrogens is 417 g/mol. The van der Waals surface area contributed by atoms with E-state index in [0.29, 0.717) is 37.6 Å². The summed E-state index contributed by atoms with van der Waals surface area (Å²) in [6.45, 7) is 0. The number of aromatic hydroxyl groups is 1. The van der Waals surface area contributed by atoms with Crippen LogP contribution in [-0.2, 0) is 0 Å². The third-order valence-corrected chi connectivity index (χ3v) is 4.89. The van der Waals surface area contributed by atoms with E-state index in [0.717, 1.165) is 9.99 Å². The van der Waals surface area contributed by atoms with E-state index < -0.39 is 0 Å². The number of hydrogen-bond donors (Lipinski definition) is 3. The van der Waals surface area contributed by atoms with E-state index in [-0.39, 0.29) is 11.6 Å². The summed E-state index contributed by atoms with van der Waals surface area (Å²) in [5.41, 5.74) is 2.27. The molecule has 3 N–H and O–H groups in total. The molecule has 0 fully saturated rings. The summed E-state index contributed by atoms with van der Waals surface area (Å²) < 4.78 is 0.819. The van der Waals surface area contributed by atoms with Gasteiger partial charge in [0.15, 0.2) is 5.88 Å². The minimum absolute atomic E-state index is 0.121. The van der Waals surface area contributed by atoms with E-state index in [9.17, 15) is 10.0 Å². The number of benzene rings is 2. The van der Waals surface area contributed by atoms with Gasteiger partial charge in [-0.15, -0.1) is 4.91 Å². The first-order valence-electron chi connectivity index (χ1n) is 6.84. The smallest absolute Gasteiger partial charge is 0.199 e. The summed E-state index contributed by atoms with van der Waals surface area (Å²) in [4.78, 5) is 17.4. The molecule has 0 amide bonds. The van der Waals surface area contributed by atoms with Gasteiger partial charge in [0.05, 0.1) is 21.8 Å². The van der Waals surface area contributed by atoms with Gasteiger partial charge < -0.3 is 15.1 Å². The van der Waals surface area contributed by atoms with E-state index in [1.165, 1.54) is 0 Å². The van der Waals surface area contributed by atoms with Crippen LogP contribution in [-0.4, -0.2) is 15.1 Å². The van der Waals surface area contributed by atoms with E-state index in [1.54, 1.807) is 18.2 Å². The molecular formula is C16H8BrCl2N3O2. The number of nitrogens with one attached hydrogen (secondary N) is 2. The van der Waals surface area contributed by atoms with E-state index in [2.05, 4.69) is 31.1 Å². The number of rotatable bonds is 2. The highest BCUT2D eigenvalue weighted by Gasteiger charge is 2.22. The van der Waals surface area contributed by atoms with Crippen molar-refractivity contribution >= 4 is 66.6 Å². The van der Waals surface area contributed by atoms with Crippen LogP contribution in [0.5, 0.6) is 5.88 Å². The number of aromatic amines is 2. The molecule has 4 aromatic rings. The molecule has 5 nitrogen and oxygen atoms in total. The Morgan fingerprint density at radius 1 is 1.08 bits per heavy atom. The van der Waals surface area contributed by atoms with Crippen LogP contribution in [0, 0.1) is 4.91 Å². The minimum Gasteiger partial charge on any atom is -0.494 e. The molecule has 0 atom stereocenters. The number of hydrogen-bond acceptors (Lipinski definition) is 3. The largest absolute Gasteiger partial charge is 0.494 e. The Kier molecular flexibility index (Phi) is 3.56. The molecule has 24 heavy (non-hydrogen) atoms. The minimum atomic E-state index is -0.121. The van der Waals surface area contributed by atoms with Gasteiger partial charge in [-0.3, -0.25) is 0 Å². The fourth-order valence-corrected chi connectivity index (χ4v) is 3.79. The van der Waals surface area contributed by atoms with Crippen LogP contribution >= 0.6 is 39.1 Å². The molecule has 0 saturated carbocycles. The summed E-state index contributed by atoms with van der Waals surface area (Å²) in [6.07, 6.45) is 0. The number of H-pyrrole nitrogens is 2. The number of nitrogens with zero attached hydrogens (tertiary/aromatic N) is 1. The first-order chi connectivity index (χ1) is 11.5. The predicted molar refractivity (Wildman–Crippen MR) is 100 cm³/mol. The molecule has 8 heteroatoms. The molecule has 0 radical (unpaired) electrons. The van der Waals surface area contributed by atoms with Crippen LogP contribution in [0.2, 0.25) is 10.0 Å². The standard InChI is InChI=1S/C16H8BrCl2N3O2/c17-6-1-2-11-8(3-6)14(22-24)15(20-11)12-9-4-7(18)5-10(19)13(9)21-16(12)23/h1-5,20-21,23H. The van der Waals surface area contributed by atoms with Crippen molar-refractivity contribution in [3.63, 3.8) is 0 Å². The number of fused-ring (bicyclic) bond motifs is 2. The summed E-state index contributed by atoms with van der Waals surface area (Å²) >= 11 is 15.6. The Morgan fingerprint density at radius 3 is 2.62 bits per heavy atom. The third kappa shape index (κ3) is 2.22. The van der Waals surface area contributed by atoms with Crippen molar-refractivity contribution in [1.29, 1.82) is 0 Å².